The van der Waals surface area contributed by atoms with E-state index in [0.29, 0.717) is 6.04 Å². The predicted octanol–water partition coefficient (Wildman–Crippen LogP) is 3.33. The van der Waals surface area contributed by atoms with Crippen molar-refractivity contribution in [2.24, 2.45) is 0 Å². The lowest BCUT2D eigenvalue weighted by molar-refractivity contribution is 0.497. The molecule has 17 heavy (non-hydrogen) atoms. The highest BCUT2D eigenvalue weighted by atomic mass is 32.1. The number of nitrogens with one attached hydrogen (secondary N) is 2. The molecule has 0 radical (unpaired) electrons. The monoisotopic (exact) mass is 249 g/mol. The number of H-pyrrole nitrogens is 1. The van der Waals surface area contributed by atoms with Crippen molar-refractivity contribution in [3.63, 3.8) is 0 Å². The smallest absolute Gasteiger partial charge is 0.123 e. The zero-order chi connectivity index (χ0) is 12.3. The van der Waals surface area contributed by atoms with Gasteiger partial charge >= 0.3 is 0 Å². The molecule has 0 aliphatic carbocycles. The van der Waals surface area contributed by atoms with E-state index in [2.05, 4.69) is 42.1 Å². The quantitative estimate of drug-likeness (QED) is 0.853. The van der Waals surface area contributed by atoms with Crippen molar-refractivity contribution in [3.8, 4) is 0 Å². The number of nitrogens with zero attached hydrogens (tertiary/aromatic N) is 1. The summed E-state index contributed by atoms with van der Waals surface area (Å²) in [6.45, 7) is 7.43. The van der Waals surface area contributed by atoms with Crippen LogP contribution in [0.15, 0.2) is 18.5 Å². The summed E-state index contributed by atoms with van der Waals surface area (Å²) in [6, 6.07) is 2.58. The molecule has 92 valence electrons. The summed E-state index contributed by atoms with van der Waals surface area (Å²) in [6.07, 6.45) is 4.72. The highest BCUT2D eigenvalue weighted by Crippen LogP contribution is 2.21. The van der Waals surface area contributed by atoms with E-state index in [-0.39, 0.29) is 0 Å². The van der Waals surface area contributed by atoms with Crippen LogP contribution in [-0.4, -0.2) is 9.97 Å². The van der Waals surface area contributed by atoms with Crippen LogP contribution >= 0.6 is 11.3 Å². The second-order valence-corrected chi connectivity index (χ2v) is 5.72. The molecule has 2 aromatic rings. The zero-order valence-corrected chi connectivity index (χ0v) is 11.4. The lowest BCUT2D eigenvalue weighted by Gasteiger charge is -2.14. The summed E-state index contributed by atoms with van der Waals surface area (Å²) in [5, 5.41) is 3.56. The van der Waals surface area contributed by atoms with Gasteiger partial charge in [-0.2, -0.15) is 0 Å². The Morgan fingerprint density at radius 2 is 2.29 bits per heavy atom. The predicted molar refractivity (Wildman–Crippen MR) is 72.3 cm³/mol. The molecule has 0 aliphatic heterocycles. The lowest BCUT2D eigenvalue weighted by Crippen LogP contribution is -2.21. The molecular formula is C13H19N3S. The topological polar surface area (TPSA) is 40.7 Å². The number of rotatable bonds is 5. The largest absolute Gasteiger partial charge is 0.347 e. The van der Waals surface area contributed by atoms with Gasteiger partial charge in [0.25, 0.3) is 0 Å². The van der Waals surface area contributed by atoms with Crippen LogP contribution in [0.5, 0.6) is 0 Å². The van der Waals surface area contributed by atoms with Gasteiger partial charge in [-0.25, -0.2) is 4.98 Å². The van der Waals surface area contributed by atoms with Crippen LogP contribution in [0, 0.1) is 13.8 Å². The molecule has 2 rings (SSSR count). The Kier molecular flexibility index (Phi) is 3.97. The molecule has 0 saturated heterocycles. The number of thiophene rings is 1. The van der Waals surface area contributed by atoms with Crippen molar-refractivity contribution in [2.75, 3.05) is 0 Å². The number of aryl methyl sites for hydroxylation is 2. The van der Waals surface area contributed by atoms with Gasteiger partial charge < -0.3 is 10.3 Å². The van der Waals surface area contributed by atoms with Crippen LogP contribution < -0.4 is 5.32 Å². The zero-order valence-electron chi connectivity index (χ0n) is 10.6. The van der Waals surface area contributed by atoms with Crippen LogP contribution in [0.25, 0.3) is 0 Å². The number of imidazole rings is 1. The van der Waals surface area contributed by atoms with E-state index in [0.717, 1.165) is 18.8 Å². The molecule has 1 atom stereocenters. The molecule has 0 aromatic carbocycles. The molecule has 0 bridgehead atoms. The van der Waals surface area contributed by atoms with Gasteiger partial charge in [0, 0.05) is 28.7 Å². The highest BCUT2D eigenvalue weighted by Gasteiger charge is 2.11. The molecule has 0 amide bonds. The van der Waals surface area contributed by atoms with Crippen molar-refractivity contribution < 1.29 is 0 Å². The maximum Gasteiger partial charge on any atom is 0.123 e. The standard InChI is InChI=1S/C13H19N3S/c1-4-12(13-14-5-6-15-13)16-8-11-7-9(2)17-10(11)3/h5-7,12,16H,4,8H2,1-3H3,(H,14,15). The Morgan fingerprint density at radius 1 is 1.47 bits per heavy atom. The average molecular weight is 249 g/mol. The third-order valence-corrected chi connectivity index (χ3v) is 3.95. The first-order chi connectivity index (χ1) is 8.20. The fourth-order valence-corrected chi connectivity index (χ4v) is 2.94. The Morgan fingerprint density at radius 3 is 2.82 bits per heavy atom. The summed E-state index contributed by atoms with van der Waals surface area (Å²) in [7, 11) is 0. The molecule has 1 unspecified atom stereocenters. The summed E-state index contributed by atoms with van der Waals surface area (Å²) in [4.78, 5) is 10.3. The highest BCUT2D eigenvalue weighted by molar-refractivity contribution is 7.12. The molecule has 0 saturated carbocycles. The van der Waals surface area contributed by atoms with Crippen molar-refractivity contribution in [1.29, 1.82) is 0 Å². The van der Waals surface area contributed by atoms with Gasteiger partial charge in [-0.3, -0.25) is 0 Å². The first-order valence-corrected chi connectivity index (χ1v) is 6.81. The number of aromatic nitrogens is 2. The number of hydrogen-bond acceptors (Lipinski definition) is 3. The summed E-state index contributed by atoms with van der Waals surface area (Å²) in [5.41, 5.74) is 1.40. The van der Waals surface area contributed by atoms with Crippen molar-refractivity contribution >= 4 is 11.3 Å². The Hall–Kier alpha value is -1.13. The maximum absolute atomic E-state index is 4.31. The van der Waals surface area contributed by atoms with E-state index < -0.39 is 0 Å². The minimum Gasteiger partial charge on any atom is -0.347 e. The maximum atomic E-state index is 4.31. The van der Waals surface area contributed by atoms with Crippen molar-refractivity contribution in [1.82, 2.24) is 15.3 Å². The molecule has 2 N–H and O–H groups in total. The Labute approximate surface area is 106 Å². The second kappa shape index (κ2) is 5.47. The first kappa shape index (κ1) is 12.3. The molecule has 3 nitrogen and oxygen atoms in total. The molecule has 2 aromatic heterocycles. The van der Waals surface area contributed by atoms with Crippen LogP contribution in [0.2, 0.25) is 0 Å². The third kappa shape index (κ3) is 2.96. The Balaban J connectivity index is 1.99. The van der Waals surface area contributed by atoms with Crippen LogP contribution in [0.3, 0.4) is 0 Å². The molecule has 2 heterocycles. The van der Waals surface area contributed by atoms with Crippen LogP contribution in [-0.2, 0) is 6.54 Å². The van der Waals surface area contributed by atoms with Crippen LogP contribution in [0.1, 0.15) is 40.5 Å². The van der Waals surface area contributed by atoms with Gasteiger partial charge in [0.2, 0.25) is 0 Å². The Bertz CT molecular complexity index is 459. The van der Waals surface area contributed by atoms with E-state index in [1.807, 2.05) is 17.5 Å². The molecule has 0 aliphatic rings. The molecule has 0 fully saturated rings. The van der Waals surface area contributed by atoms with E-state index in [4.69, 9.17) is 0 Å². The minimum absolute atomic E-state index is 0.310. The summed E-state index contributed by atoms with van der Waals surface area (Å²) in [5.74, 6) is 1.03. The SMILES string of the molecule is CCC(NCc1cc(C)sc1C)c1ncc[nH]1. The first-order valence-electron chi connectivity index (χ1n) is 5.99. The summed E-state index contributed by atoms with van der Waals surface area (Å²) < 4.78 is 0. The van der Waals surface area contributed by atoms with Crippen molar-refractivity contribution in [3.05, 3.63) is 39.6 Å². The minimum atomic E-state index is 0.310. The van der Waals surface area contributed by atoms with E-state index >= 15 is 0 Å². The average Bonchev–Trinajstić information content (AvgIpc) is 2.90. The molecular weight excluding hydrogens is 230 g/mol. The van der Waals surface area contributed by atoms with Crippen LogP contribution in [0.4, 0.5) is 0 Å². The molecule has 4 heteroatoms. The second-order valence-electron chi connectivity index (χ2n) is 4.25. The fourth-order valence-electron chi connectivity index (χ4n) is 1.99. The van der Waals surface area contributed by atoms with Gasteiger partial charge in [-0.1, -0.05) is 6.92 Å². The van der Waals surface area contributed by atoms with Gasteiger partial charge in [0.05, 0.1) is 6.04 Å². The third-order valence-electron chi connectivity index (χ3n) is 2.94. The van der Waals surface area contributed by atoms with Crippen molar-refractivity contribution in [2.45, 2.75) is 39.8 Å². The van der Waals surface area contributed by atoms with Gasteiger partial charge in [0.15, 0.2) is 0 Å². The number of aromatic amines is 1. The van der Waals surface area contributed by atoms with E-state index in [9.17, 15) is 0 Å². The fraction of sp³-hybridized carbons (Fsp3) is 0.462. The van der Waals surface area contributed by atoms with Gasteiger partial charge in [-0.15, -0.1) is 11.3 Å². The lowest BCUT2D eigenvalue weighted by atomic mass is 10.2. The normalized spacial score (nSPS) is 12.9. The van der Waals surface area contributed by atoms with Gasteiger partial charge in [0.1, 0.15) is 5.82 Å². The number of hydrogen-bond donors (Lipinski definition) is 2. The van der Waals surface area contributed by atoms with E-state index in [1.165, 1.54) is 15.3 Å². The van der Waals surface area contributed by atoms with E-state index in [1.54, 1.807) is 6.20 Å². The molecule has 0 spiro atoms. The van der Waals surface area contributed by atoms with Gasteiger partial charge in [-0.05, 0) is 31.9 Å². The summed E-state index contributed by atoms with van der Waals surface area (Å²) >= 11 is 1.86.